The van der Waals surface area contributed by atoms with Crippen molar-refractivity contribution in [3.8, 4) is 23.3 Å². The smallest absolute Gasteiger partial charge is 0.416 e. The third-order valence-corrected chi connectivity index (χ3v) is 4.06. The van der Waals surface area contributed by atoms with E-state index in [0.29, 0.717) is 22.2 Å². The maximum Gasteiger partial charge on any atom is 0.416 e. The van der Waals surface area contributed by atoms with Crippen LogP contribution in [0.2, 0.25) is 5.02 Å². The van der Waals surface area contributed by atoms with Gasteiger partial charge in [-0.25, -0.2) is 4.98 Å². The number of amides is 1. The number of aromatic nitrogens is 1. The number of nitrogens with one attached hydrogen (secondary N) is 1. The summed E-state index contributed by atoms with van der Waals surface area (Å²) in [5, 5.41) is 3.20. The molecule has 1 amide bonds. The van der Waals surface area contributed by atoms with Crippen LogP contribution in [0.25, 0.3) is 11.5 Å². The predicted octanol–water partition coefficient (Wildman–Crippen LogP) is 4.72. The number of rotatable bonds is 4. The summed E-state index contributed by atoms with van der Waals surface area (Å²) >= 11 is 5.84. The van der Waals surface area contributed by atoms with Gasteiger partial charge in [0.2, 0.25) is 11.8 Å². The van der Waals surface area contributed by atoms with E-state index in [9.17, 15) is 18.0 Å². The fourth-order valence-electron chi connectivity index (χ4n) is 2.37. The van der Waals surface area contributed by atoms with E-state index in [-0.39, 0.29) is 18.9 Å². The number of nitrogens with zero attached hydrogens (tertiary/aromatic N) is 1. The Morgan fingerprint density at radius 2 is 1.79 bits per heavy atom. The highest BCUT2D eigenvalue weighted by Gasteiger charge is 2.29. The first-order chi connectivity index (χ1) is 13.8. The quantitative estimate of drug-likeness (QED) is 0.623. The molecule has 0 atom stereocenters. The van der Waals surface area contributed by atoms with Crippen LogP contribution < -0.4 is 5.32 Å². The Morgan fingerprint density at radius 3 is 2.45 bits per heavy atom. The van der Waals surface area contributed by atoms with Gasteiger partial charge in [-0.1, -0.05) is 23.4 Å². The van der Waals surface area contributed by atoms with Gasteiger partial charge in [0.15, 0.2) is 0 Å². The number of hydrogen-bond donors (Lipinski definition) is 1. The lowest BCUT2D eigenvalue weighted by molar-refractivity contribution is -0.137. The monoisotopic (exact) mass is 418 g/mol. The molecule has 0 aliphatic rings. The fourth-order valence-corrected chi connectivity index (χ4v) is 2.50. The lowest BCUT2D eigenvalue weighted by Gasteiger charge is -2.05. The van der Waals surface area contributed by atoms with Gasteiger partial charge in [-0.3, -0.25) is 4.79 Å². The van der Waals surface area contributed by atoms with Crippen LogP contribution in [0.15, 0.2) is 59.2 Å². The summed E-state index contributed by atoms with van der Waals surface area (Å²) in [5.74, 6) is 5.47. The van der Waals surface area contributed by atoms with Crippen molar-refractivity contribution in [1.29, 1.82) is 0 Å². The van der Waals surface area contributed by atoms with Gasteiger partial charge >= 0.3 is 6.18 Å². The minimum absolute atomic E-state index is 0.0129. The van der Waals surface area contributed by atoms with Crippen LogP contribution in [0.1, 0.15) is 16.8 Å². The summed E-state index contributed by atoms with van der Waals surface area (Å²) in [7, 11) is 0. The van der Waals surface area contributed by atoms with Crippen LogP contribution >= 0.6 is 11.6 Å². The van der Waals surface area contributed by atoms with Crippen LogP contribution in [0.4, 0.5) is 13.2 Å². The van der Waals surface area contributed by atoms with E-state index in [2.05, 4.69) is 22.1 Å². The number of oxazole rings is 1. The molecule has 0 saturated heterocycles. The molecule has 29 heavy (non-hydrogen) atoms. The Bertz CT molecular complexity index is 1050. The van der Waals surface area contributed by atoms with E-state index in [0.717, 1.165) is 17.7 Å². The molecular weight excluding hydrogens is 405 g/mol. The molecule has 0 saturated carbocycles. The van der Waals surface area contributed by atoms with Crippen molar-refractivity contribution in [1.82, 2.24) is 10.3 Å². The van der Waals surface area contributed by atoms with E-state index in [1.54, 1.807) is 24.3 Å². The minimum atomic E-state index is -4.38. The maximum absolute atomic E-state index is 12.5. The van der Waals surface area contributed by atoms with Crippen LogP contribution in [0, 0.1) is 11.8 Å². The Morgan fingerprint density at radius 1 is 1.10 bits per heavy atom. The molecule has 3 aromatic rings. The van der Waals surface area contributed by atoms with Crippen LogP contribution in [-0.4, -0.2) is 17.4 Å². The molecule has 1 heterocycles. The van der Waals surface area contributed by atoms with E-state index < -0.39 is 11.7 Å². The summed E-state index contributed by atoms with van der Waals surface area (Å²) in [6.07, 6.45) is -2.97. The van der Waals surface area contributed by atoms with Gasteiger partial charge in [-0.15, -0.1) is 0 Å². The molecule has 148 valence electrons. The number of halogens is 4. The van der Waals surface area contributed by atoms with Gasteiger partial charge in [0.1, 0.15) is 6.26 Å². The zero-order chi connectivity index (χ0) is 20.9. The number of carbonyl (C=O) groups is 1. The second-order valence-corrected chi connectivity index (χ2v) is 6.42. The molecule has 0 fully saturated rings. The highest BCUT2D eigenvalue weighted by molar-refractivity contribution is 6.30. The number of benzene rings is 2. The molecule has 0 aliphatic heterocycles. The van der Waals surface area contributed by atoms with Gasteiger partial charge in [0.05, 0.1) is 24.2 Å². The number of carbonyl (C=O) groups excluding carboxylic acids is 1. The molecule has 8 heteroatoms. The first-order valence-corrected chi connectivity index (χ1v) is 8.82. The Kier molecular flexibility index (Phi) is 6.25. The van der Waals surface area contributed by atoms with Gasteiger partial charge < -0.3 is 9.73 Å². The van der Waals surface area contributed by atoms with Crippen molar-refractivity contribution in [3.63, 3.8) is 0 Å². The second kappa shape index (κ2) is 8.84. The third kappa shape index (κ3) is 5.87. The second-order valence-electron chi connectivity index (χ2n) is 5.98. The third-order valence-electron chi connectivity index (χ3n) is 3.80. The van der Waals surface area contributed by atoms with Crippen LogP contribution in [0.3, 0.4) is 0 Å². The van der Waals surface area contributed by atoms with Crippen molar-refractivity contribution in [2.24, 2.45) is 0 Å². The molecule has 3 rings (SSSR count). The summed E-state index contributed by atoms with van der Waals surface area (Å²) in [5.41, 5.74) is 0.893. The first-order valence-electron chi connectivity index (χ1n) is 8.44. The molecule has 0 unspecified atom stereocenters. The number of alkyl halides is 3. The normalized spacial score (nSPS) is 10.9. The van der Waals surface area contributed by atoms with Gasteiger partial charge in [0, 0.05) is 16.1 Å². The molecule has 2 aromatic carbocycles. The maximum atomic E-state index is 12.5. The van der Waals surface area contributed by atoms with Crippen LogP contribution in [0.5, 0.6) is 0 Å². The van der Waals surface area contributed by atoms with Gasteiger partial charge in [-0.2, -0.15) is 13.2 Å². The highest BCUT2D eigenvalue weighted by atomic mass is 35.5. The topological polar surface area (TPSA) is 55.1 Å². The molecule has 0 bridgehead atoms. The minimum Gasteiger partial charge on any atom is -0.444 e. The molecule has 1 N–H and O–H groups in total. The lowest BCUT2D eigenvalue weighted by atomic mass is 10.1. The lowest BCUT2D eigenvalue weighted by Crippen LogP contribution is -2.25. The largest absolute Gasteiger partial charge is 0.444 e. The van der Waals surface area contributed by atoms with E-state index >= 15 is 0 Å². The first kappa shape index (κ1) is 20.5. The van der Waals surface area contributed by atoms with E-state index in [1.807, 2.05) is 0 Å². The Labute approximate surface area is 169 Å². The van der Waals surface area contributed by atoms with Crippen molar-refractivity contribution in [3.05, 3.63) is 76.6 Å². The van der Waals surface area contributed by atoms with E-state index in [1.165, 1.54) is 18.4 Å². The van der Waals surface area contributed by atoms with Crippen molar-refractivity contribution in [2.45, 2.75) is 12.6 Å². The molecular formula is C21H14ClF3N2O2. The number of hydrogen-bond acceptors (Lipinski definition) is 3. The SMILES string of the molecule is O=C(Cc1coc(-c2ccc(Cl)cc2)n1)NCC#Cc1ccc(C(F)(F)F)cc1. The molecule has 0 spiro atoms. The average Bonchev–Trinajstić information content (AvgIpc) is 3.14. The highest BCUT2D eigenvalue weighted by Crippen LogP contribution is 2.28. The van der Waals surface area contributed by atoms with Gasteiger partial charge in [-0.05, 0) is 48.5 Å². The Balaban J connectivity index is 1.50. The van der Waals surface area contributed by atoms with Crippen molar-refractivity contribution < 1.29 is 22.4 Å². The zero-order valence-electron chi connectivity index (χ0n) is 14.9. The zero-order valence-corrected chi connectivity index (χ0v) is 15.6. The van der Waals surface area contributed by atoms with Gasteiger partial charge in [0.25, 0.3) is 0 Å². The standard InChI is InChI=1S/C21H14ClF3N2O2/c22-17-9-5-15(6-10-17)20-27-18(13-29-20)12-19(28)26-11-1-2-14-3-7-16(8-4-14)21(23,24)25/h3-10,13H,11-12H2,(H,26,28). The molecule has 0 radical (unpaired) electrons. The van der Waals surface area contributed by atoms with Crippen LogP contribution in [-0.2, 0) is 17.4 Å². The van der Waals surface area contributed by atoms with Crippen molar-refractivity contribution >= 4 is 17.5 Å². The summed E-state index contributed by atoms with van der Waals surface area (Å²) in [6.45, 7) is 0.0573. The summed E-state index contributed by atoms with van der Waals surface area (Å²) in [6, 6.07) is 11.4. The summed E-state index contributed by atoms with van der Waals surface area (Å²) in [4.78, 5) is 16.2. The summed E-state index contributed by atoms with van der Waals surface area (Å²) < 4.78 is 42.9. The molecule has 0 aliphatic carbocycles. The Hall–Kier alpha value is -3.24. The molecule has 1 aromatic heterocycles. The van der Waals surface area contributed by atoms with Crippen molar-refractivity contribution in [2.75, 3.05) is 6.54 Å². The van der Waals surface area contributed by atoms with E-state index in [4.69, 9.17) is 16.0 Å². The fraction of sp³-hybridized carbons (Fsp3) is 0.143. The average molecular weight is 419 g/mol. The predicted molar refractivity (Wildman–Crippen MR) is 102 cm³/mol. The molecule has 4 nitrogen and oxygen atoms in total.